The molecule has 2 unspecified atom stereocenters. The van der Waals surface area contributed by atoms with Crippen LogP contribution in [0.2, 0.25) is 0 Å². The van der Waals surface area contributed by atoms with E-state index in [-0.39, 0.29) is 25.9 Å². The van der Waals surface area contributed by atoms with Gasteiger partial charge >= 0.3 is 17.9 Å². The molecule has 0 saturated heterocycles. The number of carboxylic acid groups (broad SMARTS) is 3. The molecule has 0 aromatic heterocycles. The van der Waals surface area contributed by atoms with Gasteiger partial charge in [-0.05, 0) is 43.4 Å². The molecule has 0 spiro atoms. The van der Waals surface area contributed by atoms with Crippen molar-refractivity contribution in [3.05, 3.63) is 0 Å². The third-order valence-corrected chi connectivity index (χ3v) is 11.4. The van der Waals surface area contributed by atoms with Crippen LogP contribution >= 0.6 is 0 Å². The van der Waals surface area contributed by atoms with Gasteiger partial charge < -0.3 is 20.1 Å². The molecule has 0 saturated carbocycles. The Labute approximate surface area is 331 Å². The van der Waals surface area contributed by atoms with Crippen LogP contribution in [-0.4, -0.2) is 51.2 Å². The second kappa shape index (κ2) is 31.2. The minimum Gasteiger partial charge on any atom is -0.481 e. The number of carbonyl (C=O) groups is 4. The summed E-state index contributed by atoms with van der Waals surface area (Å²) in [4.78, 5) is 54.2. The normalized spacial score (nSPS) is 13.8. The van der Waals surface area contributed by atoms with Crippen LogP contribution in [0.1, 0.15) is 228 Å². The summed E-state index contributed by atoms with van der Waals surface area (Å²) in [6, 6.07) is 0. The van der Waals surface area contributed by atoms with Crippen molar-refractivity contribution in [3.8, 4) is 0 Å². The second-order valence-electron chi connectivity index (χ2n) is 17.7. The van der Waals surface area contributed by atoms with Gasteiger partial charge in [-0.2, -0.15) is 0 Å². The van der Waals surface area contributed by atoms with Gasteiger partial charge in [-0.15, -0.1) is 0 Å². The summed E-state index contributed by atoms with van der Waals surface area (Å²) in [7, 11) is 0. The number of hydrogen-bond acceptors (Lipinski definition) is 5. The van der Waals surface area contributed by atoms with Gasteiger partial charge in [-0.25, -0.2) is 4.79 Å². The zero-order valence-corrected chi connectivity index (χ0v) is 36.2. The fourth-order valence-corrected chi connectivity index (χ4v) is 8.18. The average molecular weight is 767 g/mol. The van der Waals surface area contributed by atoms with Crippen molar-refractivity contribution < 1.29 is 39.2 Å². The number of rotatable bonds is 39. The monoisotopic (exact) mass is 767 g/mol. The van der Waals surface area contributed by atoms with E-state index < -0.39 is 40.6 Å². The van der Waals surface area contributed by atoms with E-state index in [1.54, 1.807) is 6.92 Å². The molecular weight excluding hydrogens is 680 g/mol. The first kappa shape index (κ1) is 52.0. The maximum atomic E-state index is 13.7. The zero-order valence-electron chi connectivity index (χ0n) is 36.2. The number of carboxylic acids is 3. The third-order valence-electron chi connectivity index (χ3n) is 11.4. The highest BCUT2D eigenvalue weighted by Crippen LogP contribution is 2.50. The van der Waals surface area contributed by atoms with Crippen LogP contribution in [0.15, 0.2) is 0 Å². The predicted octanol–water partition coefficient (Wildman–Crippen LogP) is 13.1. The van der Waals surface area contributed by atoms with E-state index >= 15 is 0 Å². The average Bonchev–Trinajstić information content (AvgIpc) is 3.08. The summed E-state index contributed by atoms with van der Waals surface area (Å²) in [5.74, 6) is -5.47. The molecule has 54 heavy (non-hydrogen) atoms. The summed E-state index contributed by atoms with van der Waals surface area (Å²) in [5, 5.41) is 32.9. The smallest absolute Gasteiger partial charge is 0.338 e. The van der Waals surface area contributed by atoms with E-state index in [0.717, 1.165) is 77.0 Å². The lowest BCUT2D eigenvalue weighted by Crippen LogP contribution is -2.67. The Morgan fingerprint density at radius 2 is 0.815 bits per heavy atom. The Balaban J connectivity index is 6.28. The van der Waals surface area contributed by atoms with E-state index in [1.807, 2.05) is 0 Å². The highest BCUT2D eigenvalue weighted by atomic mass is 16.5. The molecule has 0 aromatic rings. The number of hydrogen-bond donors (Lipinski definition) is 3. The predicted molar refractivity (Wildman–Crippen MR) is 222 cm³/mol. The fourth-order valence-electron chi connectivity index (χ4n) is 8.18. The van der Waals surface area contributed by atoms with Crippen molar-refractivity contribution >= 4 is 23.7 Å². The van der Waals surface area contributed by atoms with Gasteiger partial charge in [0.2, 0.25) is 5.60 Å². The molecule has 8 heteroatoms. The molecule has 0 bridgehead atoms. The highest BCUT2D eigenvalue weighted by molar-refractivity contribution is 6.06. The highest BCUT2D eigenvalue weighted by Gasteiger charge is 2.69. The lowest BCUT2D eigenvalue weighted by atomic mass is 9.59. The van der Waals surface area contributed by atoms with Gasteiger partial charge in [-0.3, -0.25) is 14.4 Å². The van der Waals surface area contributed by atoms with Crippen LogP contribution in [0.25, 0.3) is 0 Å². The molecule has 0 rings (SSSR count). The molecule has 0 aliphatic heterocycles. The van der Waals surface area contributed by atoms with E-state index in [0.29, 0.717) is 56.3 Å². The Morgan fingerprint density at radius 1 is 0.481 bits per heavy atom. The molecule has 0 radical (unpaired) electrons. The first-order valence-electron chi connectivity index (χ1n) is 22.6. The molecule has 0 fully saturated rings. The summed E-state index contributed by atoms with van der Waals surface area (Å²) in [6.07, 6.45) is 23.4. The molecule has 318 valence electrons. The quantitative estimate of drug-likeness (QED) is 0.0415. The summed E-state index contributed by atoms with van der Waals surface area (Å²) in [5.41, 5.74) is -4.79. The number of Topliss-reactive ketones (excluding diaryl/α,β-unsaturated/α-hetero) is 1. The molecule has 0 aromatic carbocycles. The summed E-state index contributed by atoms with van der Waals surface area (Å²) in [6.45, 7) is 15.0. The Morgan fingerprint density at radius 3 is 1.11 bits per heavy atom. The molecule has 0 amide bonds. The lowest BCUT2D eigenvalue weighted by Gasteiger charge is -2.47. The van der Waals surface area contributed by atoms with Crippen molar-refractivity contribution in [2.75, 3.05) is 6.61 Å². The van der Waals surface area contributed by atoms with Crippen LogP contribution in [0.5, 0.6) is 0 Å². The number of ketones is 1. The van der Waals surface area contributed by atoms with Crippen LogP contribution in [0.3, 0.4) is 0 Å². The number of aliphatic carboxylic acids is 3. The maximum absolute atomic E-state index is 13.7. The van der Waals surface area contributed by atoms with Gasteiger partial charge in [0.05, 0.1) is 0 Å². The first-order valence-corrected chi connectivity index (χ1v) is 22.6. The molecular formula is C46H86O8. The van der Waals surface area contributed by atoms with Crippen LogP contribution in [-0.2, 0) is 23.9 Å². The lowest BCUT2D eigenvalue weighted by molar-refractivity contribution is -0.219. The number of ether oxygens (including phenoxy) is 1. The molecule has 3 N–H and O–H groups in total. The Hall–Kier alpha value is -1.96. The topological polar surface area (TPSA) is 138 Å². The van der Waals surface area contributed by atoms with Gasteiger partial charge in [-0.1, -0.05) is 196 Å². The second-order valence-corrected chi connectivity index (χ2v) is 17.7. The molecule has 0 heterocycles. The van der Waals surface area contributed by atoms with Crippen molar-refractivity contribution in [1.82, 2.24) is 0 Å². The minimum atomic E-state index is -2.72. The van der Waals surface area contributed by atoms with Crippen LogP contribution in [0, 0.1) is 29.1 Å². The Kier molecular flexibility index (Phi) is 30.0. The van der Waals surface area contributed by atoms with E-state index in [4.69, 9.17) is 4.74 Å². The fraction of sp³-hybridized carbons (Fsp3) is 0.913. The van der Waals surface area contributed by atoms with Gasteiger partial charge in [0.25, 0.3) is 0 Å². The van der Waals surface area contributed by atoms with E-state index in [9.17, 15) is 34.5 Å². The molecule has 2 atom stereocenters. The maximum Gasteiger partial charge on any atom is 0.338 e. The molecule has 8 nitrogen and oxygen atoms in total. The van der Waals surface area contributed by atoms with E-state index in [1.165, 1.54) is 44.9 Å². The van der Waals surface area contributed by atoms with Gasteiger partial charge in [0, 0.05) is 13.0 Å². The Bertz CT molecular complexity index is 963. The minimum absolute atomic E-state index is 0.0449. The summed E-state index contributed by atoms with van der Waals surface area (Å²) < 4.78 is 6.28. The van der Waals surface area contributed by atoms with Crippen molar-refractivity contribution in [3.63, 3.8) is 0 Å². The van der Waals surface area contributed by atoms with Crippen molar-refractivity contribution in [2.24, 2.45) is 29.1 Å². The first-order chi connectivity index (χ1) is 25.7. The third kappa shape index (κ3) is 20.8. The number of carbonyl (C=O) groups excluding carboxylic acids is 1. The standard InChI is InChI=1S/C46H86O8/c1-8-30-40(47)41(42(48)49)46(44(52)53,54-36-29-23-17-11-14-20-26-33-39(6)7)45(43(50)51,34-27-21-15-9-12-18-24-31-37(2)3)35-28-22-16-10-13-19-25-32-38(4)5/h37-39,41H,8-36H2,1-7H3,(H,48,49)(H,50,51)(H,52,53). The van der Waals surface area contributed by atoms with Gasteiger partial charge in [0.15, 0.2) is 11.7 Å². The van der Waals surface area contributed by atoms with Crippen LogP contribution < -0.4 is 0 Å². The van der Waals surface area contributed by atoms with Crippen LogP contribution in [0.4, 0.5) is 0 Å². The molecule has 0 aliphatic carbocycles. The SMILES string of the molecule is CCCC(=O)C(C(=O)O)C(OCCCCCCCCCC(C)C)(C(=O)O)C(CCCCCCCCCC(C)C)(CCCCCCCCCC(C)C)C(=O)O. The van der Waals surface area contributed by atoms with Crippen molar-refractivity contribution in [2.45, 2.75) is 234 Å². The summed E-state index contributed by atoms with van der Waals surface area (Å²) >= 11 is 0. The zero-order chi connectivity index (χ0) is 40.8. The van der Waals surface area contributed by atoms with Gasteiger partial charge in [0.1, 0.15) is 5.41 Å². The molecule has 0 aliphatic rings. The van der Waals surface area contributed by atoms with E-state index in [2.05, 4.69) is 41.5 Å². The number of unbranched alkanes of at least 4 members (excludes halogenated alkanes) is 18. The largest absolute Gasteiger partial charge is 0.481 e. The van der Waals surface area contributed by atoms with Crippen molar-refractivity contribution in [1.29, 1.82) is 0 Å².